The standard InChI is InChI=1S/C52H38ClN3O9S/c1-61-39-28-26-38(27-29-39)55-47(57)43-40(32-14-6-2-7-15-32)30-41(33-22-24-37(53)25-23-33)54-46(43)56(52(55)66)48-45(65-51(60)36-20-12-5-13-21-36)44(64-50(59)35-18-10-4-11-19-35)42(63-48)31-62-49(58)34-16-8-3-9-17-34/h2-30,42,44-45,48H,31H2,1H3/t42-,44-,45-,48-/m1/s1. The molecule has 328 valence electrons. The average Bonchev–Trinajstić information content (AvgIpc) is 3.68. The molecule has 0 saturated carbocycles. The number of fused-ring (bicyclic) bond motifs is 1. The summed E-state index contributed by atoms with van der Waals surface area (Å²) in [6, 6.07) is 49.8. The van der Waals surface area contributed by atoms with Crippen LogP contribution in [0.25, 0.3) is 39.1 Å². The fraction of sp³-hybridized carbons (Fsp3) is 0.115. The Bertz CT molecular complexity index is 3170. The van der Waals surface area contributed by atoms with Crippen LogP contribution in [0.2, 0.25) is 5.02 Å². The Morgan fingerprint density at radius 3 is 1.76 bits per heavy atom. The highest BCUT2D eigenvalue weighted by atomic mass is 35.5. The van der Waals surface area contributed by atoms with Gasteiger partial charge < -0.3 is 23.7 Å². The van der Waals surface area contributed by atoms with E-state index in [2.05, 4.69) is 0 Å². The van der Waals surface area contributed by atoms with Crippen molar-refractivity contribution in [3.63, 3.8) is 0 Å². The second-order valence-corrected chi connectivity index (χ2v) is 15.9. The lowest BCUT2D eigenvalue weighted by atomic mass is 10.00. The third-order valence-electron chi connectivity index (χ3n) is 11.0. The molecule has 1 fully saturated rings. The van der Waals surface area contributed by atoms with Crippen LogP contribution in [-0.2, 0) is 18.9 Å². The number of methoxy groups -OCH3 is 1. The molecule has 66 heavy (non-hydrogen) atoms. The molecule has 6 aromatic carbocycles. The maximum absolute atomic E-state index is 15.3. The van der Waals surface area contributed by atoms with E-state index < -0.39 is 54.6 Å². The van der Waals surface area contributed by atoms with E-state index in [-0.39, 0.29) is 32.5 Å². The maximum atomic E-state index is 15.3. The monoisotopic (exact) mass is 915 g/mol. The molecule has 0 N–H and O–H groups in total. The summed E-state index contributed by atoms with van der Waals surface area (Å²) in [4.78, 5) is 62.2. The molecule has 3 heterocycles. The van der Waals surface area contributed by atoms with Gasteiger partial charge in [0.25, 0.3) is 5.56 Å². The number of carbonyl (C=O) groups is 3. The summed E-state index contributed by atoms with van der Waals surface area (Å²) < 4.78 is 33.5. The van der Waals surface area contributed by atoms with E-state index >= 15 is 4.79 Å². The summed E-state index contributed by atoms with van der Waals surface area (Å²) in [7, 11) is 1.53. The molecular weight excluding hydrogens is 878 g/mol. The summed E-state index contributed by atoms with van der Waals surface area (Å²) >= 11 is 12.7. The fourth-order valence-electron chi connectivity index (χ4n) is 7.78. The maximum Gasteiger partial charge on any atom is 0.338 e. The van der Waals surface area contributed by atoms with Crippen molar-refractivity contribution < 1.29 is 38.1 Å². The number of carbonyl (C=O) groups excluding carboxylic acids is 3. The van der Waals surface area contributed by atoms with Crippen LogP contribution in [0.3, 0.4) is 0 Å². The van der Waals surface area contributed by atoms with E-state index in [1.165, 1.54) is 16.2 Å². The molecule has 8 aromatic rings. The van der Waals surface area contributed by atoms with Crippen LogP contribution >= 0.6 is 23.8 Å². The quantitative estimate of drug-likeness (QED) is 0.0658. The number of halogens is 1. The summed E-state index contributed by atoms with van der Waals surface area (Å²) in [5, 5.41) is 0.641. The molecular formula is C52H38ClN3O9S. The fourth-order valence-corrected chi connectivity index (χ4v) is 8.29. The Kier molecular flexibility index (Phi) is 12.7. The number of pyridine rings is 1. The Morgan fingerprint density at radius 1 is 0.667 bits per heavy atom. The van der Waals surface area contributed by atoms with E-state index in [0.29, 0.717) is 38.8 Å². The van der Waals surface area contributed by atoms with Gasteiger partial charge in [-0.25, -0.2) is 19.4 Å². The zero-order valence-electron chi connectivity index (χ0n) is 35.1. The van der Waals surface area contributed by atoms with Crippen molar-refractivity contribution in [2.45, 2.75) is 24.5 Å². The van der Waals surface area contributed by atoms with Crippen LogP contribution in [-0.4, -0.2) is 64.1 Å². The summed E-state index contributed by atoms with van der Waals surface area (Å²) in [5.41, 5.74) is 2.86. The van der Waals surface area contributed by atoms with Crippen LogP contribution in [0, 0.1) is 4.77 Å². The number of ether oxygens (including phenoxy) is 5. The molecule has 1 aliphatic heterocycles. The van der Waals surface area contributed by atoms with E-state index in [1.807, 2.05) is 36.4 Å². The Labute approximate surface area is 388 Å². The van der Waals surface area contributed by atoms with Gasteiger partial charge in [-0.3, -0.25) is 13.9 Å². The number of rotatable bonds is 12. The molecule has 14 heteroatoms. The van der Waals surface area contributed by atoms with Gasteiger partial charge in [-0.2, -0.15) is 0 Å². The van der Waals surface area contributed by atoms with E-state index in [1.54, 1.807) is 140 Å². The predicted molar refractivity (Wildman–Crippen MR) is 251 cm³/mol. The van der Waals surface area contributed by atoms with Gasteiger partial charge in [-0.15, -0.1) is 0 Å². The van der Waals surface area contributed by atoms with Crippen molar-refractivity contribution >= 4 is 52.8 Å². The van der Waals surface area contributed by atoms with E-state index in [9.17, 15) is 14.4 Å². The number of hydrogen-bond acceptors (Lipinski definition) is 11. The minimum absolute atomic E-state index is 0.0573. The molecule has 0 radical (unpaired) electrons. The highest BCUT2D eigenvalue weighted by Gasteiger charge is 2.52. The average molecular weight is 916 g/mol. The minimum Gasteiger partial charge on any atom is -0.497 e. The molecule has 4 atom stereocenters. The first-order valence-electron chi connectivity index (χ1n) is 20.8. The number of benzene rings is 6. The first-order chi connectivity index (χ1) is 32.2. The third kappa shape index (κ3) is 8.87. The molecule has 12 nitrogen and oxygen atoms in total. The van der Waals surface area contributed by atoms with Gasteiger partial charge in [0.05, 0.1) is 40.6 Å². The zero-order valence-corrected chi connectivity index (χ0v) is 36.6. The molecule has 0 spiro atoms. The van der Waals surface area contributed by atoms with Crippen molar-refractivity contribution in [2.24, 2.45) is 0 Å². The predicted octanol–water partition coefficient (Wildman–Crippen LogP) is 10.1. The van der Waals surface area contributed by atoms with Gasteiger partial charge in [0, 0.05) is 16.1 Å². The lowest BCUT2D eigenvalue weighted by Gasteiger charge is -2.27. The van der Waals surface area contributed by atoms with Crippen LogP contribution in [0.4, 0.5) is 0 Å². The number of esters is 3. The summed E-state index contributed by atoms with van der Waals surface area (Å²) in [6.45, 7) is -0.460. The largest absolute Gasteiger partial charge is 0.497 e. The first-order valence-corrected chi connectivity index (χ1v) is 21.5. The lowest BCUT2D eigenvalue weighted by Crippen LogP contribution is -2.42. The second kappa shape index (κ2) is 19.2. The van der Waals surface area contributed by atoms with Crippen LogP contribution < -0.4 is 10.3 Å². The van der Waals surface area contributed by atoms with Gasteiger partial charge in [0.1, 0.15) is 18.5 Å². The van der Waals surface area contributed by atoms with Crippen LogP contribution in [0.1, 0.15) is 37.3 Å². The molecule has 0 amide bonds. The number of nitrogens with zero attached hydrogens (tertiary/aromatic N) is 3. The molecule has 1 aliphatic rings. The molecule has 0 aliphatic carbocycles. The number of hydrogen-bond donors (Lipinski definition) is 0. The van der Waals surface area contributed by atoms with E-state index in [0.717, 1.165) is 0 Å². The van der Waals surface area contributed by atoms with Crippen molar-refractivity contribution in [1.82, 2.24) is 14.1 Å². The smallest absolute Gasteiger partial charge is 0.338 e. The molecule has 1 saturated heterocycles. The molecule has 9 rings (SSSR count). The van der Waals surface area contributed by atoms with Crippen molar-refractivity contribution in [2.75, 3.05) is 13.7 Å². The van der Waals surface area contributed by atoms with Gasteiger partial charge in [-0.05, 0) is 96.6 Å². The van der Waals surface area contributed by atoms with Gasteiger partial charge in [0.2, 0.25) is 0 Å². The van der Waals surface area contributed by atoms with Gasteiger partial charge >= 0.3 is 17.9 Å². The van der Waals surface area contributed by atoms with Gasteiger partial charge in [-0.1, -0.05) is 109 Å². The SMILES string of the molecule is COc1ccc(-n2c(=O)c3c(-c4ccccc4)cc(-c4ccc(Cl)cc4)nc3n([C@@H]3O[C@H](COC(=O)c4ccccc4)[C@@H](OC(=O)c4ccccc4)[C@H]3OC(=O)c3ccccc3)c2=S)cc1. The third-order valence-corrected chi connectivity index (χ3v) is 11.7. The first kappa shape index (κ1) is 43.5. The highest BCUT2D eigenvalue weighted by molar-refractivity contribution is 7.71. The topological polar surface area (TPSA) is 137 Å². The Balaban J connectivity index is 1.31. The summed E-state index contributed by atoms with van der Waals surface area (Å²) in [6.07, 6.45) is -5.66. The Hall–Kier alpha value is -7.71. The zero-order chi connectivity index (χ0) is 45.7. The van der Waals surface area contributed by atoms with Crippen molar-refractivity contribution in [3.05, 3.63) is 213 Å². The second-order valence-electron chi connectivity index (χ2n) is 15.1. The van der Waals surface area contributed by atoms with Crippen LogP contribution in [0.5, 0.6) is 5.75 Å². The highest BCUT2D eigenvalue weighted by Crippen LogP contribution is 2.39. The normalized spacial score (nSPS) is 16.6. The van der Waals surface area contributed by atoms with Crippen molar-refractivity contribution in [1.29, 1.82) is 0 Å². The summed E-state index contributed by atoms with van der Waals surface area (Å²) in [5.74, 6) is -1.69. The molecule has 0 unspecified atom stereocenters. The van der Waals surface area contributed by atoms with Gasteiger partial charge in [0.15, 0.2) is 28.9 Å². The van der Waals surface area contributed by atoms with Crippen molar-refractivity contribution in [3.8, 4) is 33.8 Å². The minimum atomic E-state index is -1.50. The lowest BCUT2D eigenvalue weighted by molar-refractivity contribution is -0.0617. The van der Waals surface area contributed by atoms with E-state index in [4.69, 9.17) is 52.5 Å². The number of aromatic nitrogens is 3. The Morgan fingerprint density at radius 2 is 1.20 bits per heavy atom. The van der Waals surface area contributed by atoms with Crippen LogP contribution in [0.15, 0.2) is 181 Å². The molecule has 0 bridgehead atoms. The molecule has 2 aromatic heterocycles.